The third-order valence-corrected chi connectivity index (χ3v) is 3.77. The molecule has 0 unspecified atom stereocenters. The number of carbonyl (C=O) groups is 1. The summed E-state index contributed by atoms with van der Waals surface area (Å²) in [5.41, 5.74) is 4.24. The number of ether oxygens (including phenoxy) is 1. The van der Waals surface area contributed by atoms with E-state index in [0.29, 0.717) is 6.54 Å². The third-order valence-electron chi connectivity index (χ3n) is 3.77. The smallest absolute Gasteiger partial charge is 0.269 e. The van der Waals surface area contributed by atoms with Crippen LogP contribution >= 0.6 is 0 Å². The van der Waals surface area contributed by atoms with Gasteiger partial charge in [0.25, 0.3) is 5.91 Å². The molecular formula is C20H18N4O3. The van der Waals surface area contributed by atoms with E-state index in [1.165, 1.54) is 0 Å². The first-order valence-corrected chi connectivity index (χ1v) is 8.30. The van der Waals surface area contributed by atoms with Crippen molar-refractivity contribution in [3.63, 3.8) is 0 Å². The van der Waals surface area contributed by atoms with Crippen molar-refractivity contribution in [3.05, 3.63) is 83.7 Å². The molecule has 3 aromatic rings. The van der Waals surface area contributed by atoms with E-state index in [2.05, 4.69) is 22.2 Å². The highest BCUT2D eigenvalue weighted by Gasteiger charge is 2.15. The molecule has 0 aliphatic carbocycles. The normalized spacial score (nSPS) is 11.3. The van der Waals surface area contributed by atoms with Gasteiger partial charge in [0.05, 0.1) is 12.7 Å². The minimum Gasteiger partial charge on any atom is -0.362 e. The molecule has 2 N–H and O–H groups in total. The van der Waals surface area contributed by atoms with Gasteiger partial charge in [0.2, 0.25) is 0 Å². The summed E-state index contributed by atoms with van der Waals surface area (Å²) in [5.74, 6) is 5.60. The van der Waals surface area contributed by atoms with Crippen LogP contribution in [-0.2, 0) is 16.1 Å². The molecule has 0 spiro atoms. The first-order valence-electron chi connectivity index (χ1n) is 8.30. The average molecular weight is 362 g/mol. The van der Waals surface area contributed by atoms with Crippen LogP contribution in [0.4, 0.5) is 0 Å². The van der Waals surface area contributed by atoms with E-state index in [1.807, 2.05) is 54.6 Å². The van der Waals surface area contributed by atoms with Gasteiger partial charge in [0.15, 0.2) is 0 Å². The van der Waals surface area contributed by atoms with Gasteiger partial charge in [0.1, 0.15) is 12.7 Å². The van der Waals surface area contributed by atoms with E-state index in [-0.39, 0.29) is 6.61 Å². The van der Waals surface area contributed by atoms with Crippen LogP contribution in [0.5, 0.6) is 0 Å². The van der Waals surface area contributed by atoms with Crippen molar-refractivity contribution in [3.8, 4) is 11.8 Å². The molecule has 0 saturated heterocycles. The largest absolute Gasteiger partial charge is 0.362 e. The standard InChI is InChI=1S/C20H18N4O3/c25-20(22-26)15-27-19(14-24-13-12-21-23-24)18-10-8-17(9-11-18)7-6-16-4-2-1-3-5-16/h1-5,8-13,19,26H,14-15H2,(H,22,25)/t19-/m0/s1. The van der Waals surface area contributed by atoms with Crippen molar-refractivity contribution in [1.29, 1.82) is 0 Å². The van der Waals surface area contributed by atoms with Crippen LogP contribution in [0.3, 0.4) is 0 Å². The monoisotopic (exact) mass is 362 g/mol. The Kier molecular flexibility index (Phi) is 6.30. The molecule has 0 radical (unpaired) electrons. The van der Waals surface area contributed by atoms with Crippen molar-refractivity contribution in [2.24, 2.45) is 0 Å². The third kappa shape index (κ3) is 5.51. The Hall–Kier alpha value is -3.47. The van der Waals surface area contributed by atoms with Gasteiger partial charge >= 0.3 is 0 Å². The molecule has 7 nitrogen and oxygen atoms in total. The van der Waals surface area contributed by atoms with Crippen LogP contribution in [0.1, 0.15) is 22.8 Å². The highest BCUT2D eigenvalue weighted by Crippen LogP contribution is 2.20. The van der Waals surface area contributed by atoms with Gasteiger partial charge in [-0.15, -0.1) is 5.10 Å². The fraction of sp³-hybridized carbons (Fsp3) is 0.150. The van der Waals surface area contributed by atoms with Gasteiger partial charge in [0, 0.05) is 17.3 Å². The highest BCUT2D eigenvalue weighted by atomic mass is 16.5. The summed E-state index contributed by atoms with van der Waals surface area (Å²) < 4.78 is 7.24. The Labute approximate surface area is 156 Å². The first kappa shape index (κ1) is 18.3. The van der Waals surface area contributed by atoms with Crippen molar-refractivity contribution >= 4 is 5.91 Å². The number of hydroxylamine groups is 1. The molecule has 2 aromatic carbocycles. The predicted molar refractivity (Wildman–Crippen MR) is 97.5 cm³/mol. The molecule has 0 saturated carbocycles. The molecule has 1 amide bonds. The van der Waals surface area contributed by atoms with Gasteiger partial charge in [-0.1, -0.05) is 47.4 Å². The molecule has 0 aliphatic heterocycles. The minimum absolute atomic E-state index is 0.272. The Morgan fingerprint density at radius 3 is 2.44 bits per heavy atom. The lowest BCUT2D eigenvalue weighted by Gasteiger charge is -2.17. The fourth-order valence-electron chi connectivity index (χ4n) is 2.41. The second-order valence-electron chi connectivity index (χ2n) is 5.70. The molecule has 1 aromatic heterocycles. The zero-order chi connectivity index (χ0) is 18.9. The maximum atomic E-state index is 11.3. The molecule has 7 heteroatoms. The summed E-state index contributed by atoms with van der Waals surface area (Å²) in [7, 11) is 0. The summed E-state index contributed by atoms with van der Waals surface area (Å²) in [5, 5.41) is 16.3. The average Bonchev–Trinajstić information content (AvgIpc) is 3.23. The summed E-state index contributed by atoms with van der Waals surface area (Å²) >= 11 is 0. The highest BCUT2D eigenvalue weighted by molar-refractivity contribution is 5.75. The second kappa shape index (κ2) is 9.29. The number of amides is 1. The SMILES string of the molecule is O=C(CO[C@@H](Cn1ccnn1)c1ccc(C#Cc2ccccc2)cc1)NO. The van der Waals surface area contributed by atoms with Gasteiger partial charge in [-0.3, -0.25) is 10.0 Å². The van der Waals surface area contributed by atoms with Gasteiger partial charge in [-0.2, -0.15) is 0 Å². The molecule has 1 heterocycles. The molecule has 1 atom stereocenters. The van der Waals surface area contributed by atoms with Crippen molar-refractivity contribution < 1.29 is 14.7 Å². The Balaban J connectivity index is 1.73. The van der Waals surface area contributed by atoms with Crippen LogP contribution in [0.25, 0.3) is 0 Å². The number of hydrogen-bond donors (Lipinski definition) is 2. The Bertz CT molecular complexity index is 913. The zero-order valence-electron chi connectivity index (χ0n) is 14.4. The molecule has 0 fully saturated rings. The summed E-state index contributed by atoms with van der Waals surface area (Å²) in [6, 6.07) is 17.3. The van der Waals surface area contributed by atoms with E-state index < -0.39 is 12.0 Å². The van der Waals surface area contributed by atoms with Crippen LogP contribution < -0.4 is 5.48 Å². The molecule has 3 rings (SSSR count). The minimum atomic E-state index is -0.621. The molecular weight excluding hydrogens is 344 g/mol. The second-order valence-corrected chi connectivity index (χ2v) is 5.70. The Morgan fingerprint density at radius 1 is 1.11 bits per heavy atom. The van der Waals surface area contributed by atoms with Gasteiger partial charge in [-0.05, 0) is 29.8 Å². The maximum Gasteiger partial charge on any atom is 0.269 e. The van der Waals surface area contributed by atoms with Crippen LogP contribution in [0.15, 0.2) is 67.0 Å². The summed E-state index contributed by atoms with van der Waals surface area (Å²) in [6.45, 7) is 0.110. The lowest BCUT2D eigenvalue weighted by Crippen LogP contribution is -2.26. The fourth-order valence-corrected chi connectivity index (χ4v) is 2.41. The maximum absolute atomic E-state index is 11.3. The van der Waals surface area contributed by atoms with E-state index >= 15 is 0 Å². The zero-order valence-corrected chi connectivity index (χ0v) is 14.4. The topological polar surface area (TPSA) is 89.3 Å². The summed E-state index contributed by atoms with van der Waals surface area (Å²) in [4.78, 5) is 11.3. The number of nitrogens with one attached hydrogen (secondary N) is 1. The van der Waals surface area contributed by atoms with Gasteiger partial charge in [-0.25, -0.2) is 10.2 Å². The molecule has 27 heavy (non-hydrogen) atoms. The number of hydrogen-bond acceptors (Lipinski definition) is 5. The lowest BCUT2D eigenvalue weighted by atomic mass is 10.1. The van der Waals surface area contributed by atoms with E-state index in [9.17, 15) is 4.79 Å². The first-order chi connectivity index (χ1) is 13.2. The number of nitrogens with zero attached hydrogens (tertiary/aromatic N) is 3. The molecule has 136 valence electrons. The van der Waals surface area contributed by atoms with E-state index in [4.69, 9.17) is 9.94 Å². The number of aromatic nitrogens is 3. The molecule has 0 bridgehead atoms. The predicted octanol–water partition coefficient (Wildman–Crippen LogP) is 1.94. The lowest BCUT2D eigenvalue weighted by molar-refractivity contribution is -0.136. The van der Waals surface area contributed by atoms with Crippen LogP contribution in [0, 0.1) is 11.8 Å². The van der Waals surface area contributed by atoms with E-state index in [0.717, 1.165) is 16.7 Å². The molecule has 0 aliphatic rings. The summed E-state index contributed by atoms with van der Waals surface area (Å²) in [6.07, 6.45) is 2.85. The Morgan fingerprint density at radius 2 is 1.81 bits per heavy atom. The van der Waals surface area contributed by atoms with Crippen molar-refractivity contribution in [2.45, 2.75) is 12.6 Å². The number of carbonyl (C=O) groups excluding carboxylic acids is 1. The number of benzene rings is 2. The van der Waals surface area contributed by atoms with Crippen molar-refractivity contribution in [1.82, 2.24) is 20.5 Å². The van der Waals surface area contributed by atoms with Gasteiger partial charge < -0.3 is 4.74 Å². The quantitative estimate of drug-likeness (QED) is 0.397. The van der Waals surface area contributed by atoms with Crippen LogP contribution in [-0.4, -0.2) is 32.7 Å². The number of rotatable bonds is 6. The van der Waals surface area contributed by atoms with Crippen LogP contribution in [0.2, 0.25) is 0 Å². The van der Waals surface area contributed by atoms with E-state index in [1.54, 1.807) is 22.6 Å². The van der Waals surface area contributed by atoms with Crippen molar-refractivity contribution in [2.75, 3.05) is 6.61 Å².